The van der Waals surface area contributed by atoms with E-state index in [9.17, 15) is 14.8 Å². The maximum atomic E-state index is 11.9. The fourth-order valence-corrected chi connectivity index (χ4v) is 3.18. The second-order valence-electron chi connectivity index (χ2n) is 8.95. The Morgan fingerprint density at radius 1 is 0.900 bits per heavy atom. The van der Waals surface area contributed by atoms with Crippen molar-refractivity contribution in [3.8, 4) is 0 Å². The van der Waals surface area contributed by atoms with Crippen molar-refractivity contribution in [2.75, 3.05) is 20.1 Å². The van der Waals surface area contributed by atoms with Crippen LogP contribution in [0.4, 0.5) is 0 Å². The molecule has 0 aliphatic carbocycles. The quantitative estimate of drug-likeness (QED) is 0.203. The number of unbranched alkanes of at least 4 members (excludes halogenated alkanes) is 5. The smallest absolute Gasteiger partial charge is 0.308 e. The zero-order valence-corrected chi connectivity index (χ0v) is 19.2. The van der Waals surface area contributed by atoms with E-state index in [1.807, 2.05) is 6.07 Å². The van der Waals surface area contributed by atoms with Crippen molar-refractivity contribution in [2.45, 2.75) is 84.3 Å². The van der Waals surface area contributed by atoms with Gasteiger partial charge in [0.1, 0.15) is 5.60 Å². The van der Waals surface area contributed by atoms with Crippen LogP contribution >= 0.6 is 0 Å². The van der Waals surface area contributed by atoms with Crippen molar-refractivity contribution >= 4 is 11.9 Å². The average Bonchev–Trinajstić information content (AvgIpc) is 2.67. The predicted molar refractivity (Wildman–Crippen MR) is 119 cm³/mol. The molecule has 170 valence electrons. The Hall–Kier alpha value is -1.92. The third-order valence-corrected chi connectivity index (χ3v) is 4.71. The fraction of sp³-hybridized carbons (Fsp3) is 0.667. The van der Waals surface area contributed by atoms with Crippen LogP contribution in [-0.2, 0) is 20.9 Å². The SMILES string of the molecule is CN(CCCCCCCCC(=O)N(O)CCC(=O)OC(C)(C)C)Cc1ccccc1. The number of hydrogen-bond donors (Lipinski definition) is 1. The lowest BCUT2D eigenvalue weighted by Gasteiger charge is -2.20. The number of esters is 1. The summed E-state index contributed by atoms with van der Waals surface area (Å²) in [4.78, 5) is 25.9. The molecule has 0 aliphatic heterocycles. The van der Waals surface area contributed by atoms with Gasteiger partial charge in [0, 0.05) is 13.0 Å². The van der Waals surface area contributed by atoms with E-state index in [0.717, 1.165) is 38.8 Å². The summed E-state index contributed by atoms with van der Waals surface area (Å²) < 4.78 is 5.17. The third-order valence-electron chi connectivity index (χ3n) is 4.71. The summed E-state index contributed by atoms with van der Waals surface area (Å²) in [6, 6.07) is 10.5. The summed E-state index contributed by atoms with van der Waals surface area (Å²) in [7, 11) is 2.15. The Kier molecular flexibility index (Phi) is 12.3. The fourth-order valence-electron chi connectivity index (χ4n) is 3.18. The number of hydrogen-bond acceptors (Lipinski definition) is 5. The highest BCUT2D eigenvalue weighted by molar-refractivity contribution is 5.76. The van der Waals surface area contributed by atoms with Crippen LogP contribution in [0.1, 0.15) is 77.7 Å². The van der Waals surface area contributed by atoms with Crippen molar-refractivity contribution in [1.82, 2.24) is 9.96 Å². The number of carbonyl (C=O) groups excluding carboxylic acids is 2. The minimum absolute atomic E-state index is 0.00176. The Bertz CT molecular complexity index is 613. The summed E-state index contributed by atoms with van der Waals surface area (Å²) in [5.41, 5.74) is 0.785. The van der Waals surface area contributed by atoms with Gasteiger partial charge in [-0.2, -0.15) is 0 Å². The van der Waals surface area contributed by atoms with Gasteiger partial charge in [-0.15, -0.1) is 0 Å². The molecule has 1 N–H and O–H groups in total. The normalized spacial score (nSPS) is 11.5. The molecule has 0 fully saturated rings. The van der Waals surface area contributed by atoms with E-state index in [1.165, 1.54) is 18.4 Å². The number of carbonyl (C=O) groups is 2. The van der Waals surface area contributed by atoms with Gasteiger partial charge < -0.3 is 9.64 Å². The van der Waals surface area contributed by atoms with E-state index >= 15 is 0 Å². The molecular weight excluding hydrogens is 380 g/mol. The highest BCUT2D eigenvalue weighted by atomic mass is 16.6. The van der Waals surface area contributed by atoms with E-state index in [4.69, 9.17) is 4.74 Å². The van der Waals surface area contributed by atoms with E-state index in [0.29, 0.717) is 11.5 Å². The van der Waals surface area contributed by atoms with Gasteiger partial charge in [-0.1, -0.05) is 56.0 Å². The van der Waals surface area contributed by atoms with E-state index in [1.54, 1.807) is 20.8 Å². The summed E-state index contributed by atoms with van der Waals surface area (Å²) in [5, 5.41) is 10.4. The Balaban J connectivity index is 2.00. The molecule has 1 aromatic carbocycles. The molecular formula is C24H40N2O4. The molecule has 0 saturated carbocycles. The van der Waals surface area contributed by atoms with Crippen LogP contribution in [0.5, 0.6) is 0 Å². The highest BCUT2D eigenvalue weighted by Gasteiger charge is 2.18. The van der Waals surface area contributed by atoms with Gasteiger partial charge in [0.05, 0.1) is 13.0 Å². The van der Waals surface area contributed by atoms with Gasteiger partial charge in [-0.3, -0.25) is 14.8 Å². The molecule has 1 aromatic rings. The van der Waals surface area contributed by atoms with Crippen molar-refractivity contribution in [3.05, 3.63) is 35.9 Å². The molecule has 0 bridgehead atoms. The standard InChI is InChI=1S/C24H40N2O4/c1-24(2,3)30-23(28)17-19-26(29)22(27)16-12-7-5-6-8-13-18-25(4)20-21-14-10-9-11-15-21/h9-11,14-15,29H,5-8,12-13,16-20H2,1-4H3. The summed E-state index contributed by atoms with van der Waals surface area (Å²) >= 11 is 0. The predicted octanol–water partition coefficient (Wildman–Crippen LogP) is 4.80. The lowest BCUT2D eigenvalue weighted by molar-refractivity contribution is -0.170. The first-order valence-corrected chi connectivity index (χ1v) is 11.1. The van der Waals surface area contributed by atoms with Crippen LogP contribution in [-0.4, -0.2) is 52.8 Å². The number of hydroxylamine groups is 2. The first kappa shape index (κ1) is 26.1. The molecule has 1 amide bonds. The number of ether oxygens (including phenoxy) is 1. The maximum Gasteiger partial charge on any atom is 0.308 e. The first-order chi connectivity index (χ1) is 14.2. The van der Waals surface area contributed by atoms with Gasteiger partial charge in [-0.25, -0.2) is 5.06 Å². The molecule has 0 aromatic heterocycles. The van der Waals surface area contributed by atoms with Crippen molar-refractivity contribution < 1.29 is 19.5 Å². The lowest BCUT2D eigenvalue weighted by Crippen LogP contribution is -2.31. The Morgan fingerprint density at radius 3 is 2.13 bits per heavy atom. The zero-order chi connectivity index (χ0) is 22.4. The van der Waals surface area contributed by atoms with Crippen LogP contribution in [0.15, 0.2) is 30.3 Å². The molecule has 6 heteroatoms. The maximum absolute atomic E-state index is 11.9. The van der Waals surface area contributed by atoms with E-state index in [2.05, 4.69) is 36.2 Å². The second kappa shape index (κ2) is 14.1. The summed E-state index contributed by atoms with van der Waals surface area (Å²) in [6.07, 6.45) is 6.67. The lowest BCUT2D eigenvalue weighted by atomic mass is 10.1. The average molecular weight is 421 g/mol. The van der Waals surface area contributed by atoms with Gasteiger partial charge in [0.15, 0.2) is 0 Å². The number of benzene rings is 1. The monoisotopic (exact) mass is 420 g/mol. The highest BCUT2D eigenvalue weighted by Crippen LogP contribution is 2.11. The molecule has 6 nitrogen and oxygen atoms in total. The summed E-state index contributed by atoms with van der Waals surface area (Å²) in [6.45, 7) is 7.41. The van der Waals surface area contributed by atoms with Gasteiger partial charge >= 0.3 is 5.97 Å². The molecule has 0 unspecified atom stereocenters. The third kappa shape index (κ3) is 13.3. The van der Waals surface area contributed by atoms with Gasteiger partial charge in [0.2, 0.25) is 5.91 Å². The first-order valence-electron chi connectivity index (χ1n) is 11.1. The molecule has 0 atom stereocenters. The molecule has 0 heterocycles. The molecule has 1 rings (SSSR count). The van der Waals surface area contributed by atoms with Crippen LogP contribution in [0, 0.1) is 0 Å². The molecule has 0 saturated heterocycles. The number of rotatable bonds is 14. The van der Waals surface area contributed by atoms with Crippen LogP contribution in [0.2, 0.25) is 0 Å². The molecule has 0 spiro atoms. The van der Waals surface area contributed by atoms with E-state index < -0.39 is 11.6 Å². The zero-order valence-electron chi connectivity index (χ0n) is 19.2. The minimum Gasteiger partial charge on any atom is -0.460 e. The molecule has 0 radical (unpaired) electrons. The van der Waals surface area contributed by atoms with Crippen molar-refractivity contribution in [3.63, 3.8) is 0 Å². The topological polar surface area (TPSA) is 70.1 Å². The van der Waals surface area contributed by atoms with Gasteiger partial charge in [-0.05, 0) is 52.8 Å². The van der Waals surface area contributed by atoms with Crippen LogP contribution < -0.4 is 0 Å². The molecule has 30 heavy (non-hydrogen) atoms. The van der Waals surface area contributed by atoms with Crippen LogP contribution in [0.25, 0.3) is 0 Å². The van der Waals surface area contributed by atoms with E-state index in [-0.39, 0.29) is 18.9 Å². The Morgan fingerprint density at radius 2 is 1.50 bits per heavy atom. The van der Waals surface area contributed by atoms with Crippen LogP contribution in [0.3, 0.4) is 0 Å². The number of nitrogens with zero attached hydrogens (tertiary/aromatic N) is 2. The van der Waals surface area contributed by atoms with Crippen molar-refractivity contribution in [1.29, 1.82) is 0 Å². The number of amides is 1. The van der Waals surface area contributed by atoms with Gasteiger partial charge in [0.25, 0.3) is 0 Å². The van der Waals surface area contributed by atoms with Crippen molar-refractivity contribution in [2.24, 2.45) is 0 Å². The second-order valence-corrected chi connectivity index (χ2v) is 8.95. The minimum atomic E-state index is -0.557. The Labute approximate surface area is 182 Å². The molecule has 0 aliphatic rings. The summed E-state index contributed by atoms with van der Waals surface area (Å²) in [5.74, 6) is -0.746. The largest absolute Gasteiger partial charge is 0.460 e.